The first-order valence-corrected chi connectivity index (χ1v) is 15.6. The van der Waals surface area contributed by atoms with Crippen LogP contribution in [0.1, 0.15) is 66.9 Å². The van der Waals surface area contributed by atoms with Crippen molar-refractivity contribution in [3.8, 4) is 0 Å². The smallest absolute Gasteiger partial charge is 0.410 e. The number of nitrogens with two attached hydrogens (primary N) is 1. The second kappa shape index (κ2) is 17.9. The Bertz CT molecular complexity index is 1070. The molecule has 0 bridgehead atoms. The standard InChI is InChI=1S/C32H51N3O7S/c1-20(2)27(35(9)31(39)42-32(6,7)8)18-28(41-23(5)36)22(4)43-19-26(33)29(37)34-25(16-21(3)30(38)40-10)17-24-14-12-11-13-15-24/h11-15,20-21,25-28H,4,16-19,33H2,1-3,5-10H3,(H,34,37)/t21-,25+,26?,27+,28+/m0/s1. The fourth-order valence-corrected chi connectivity index (χ4v) is 5.38. The number of amides is 2. The van der Waals surface area contributed by atoms with Crippen LogP contribution < -0.4 is 11.1 Å². The highest BCUT2D eigenvalue weighted by molar-refractivity contribution is 8.03. The minimum atomic E-state index is -0.892. The Hall–Kier alpha value is -3.05. The van der Waals surface area contributed by atoms with Crippen LogP contribution in [0.2, 0.25) is 0 Å². The number of benzene rings is 1. The largest absolute Gasteiger partial charge is 0.469 e. The zero-order chi connectivity index (χ0) is 32.9. The van der Waals surface area contributed by atoms with Crippen molar-refractivity contribution < 1.29 is 33.4 Å². The average Bonchev–Trinajstić information content (AvgIpc) is 2.91. The van der Waals surface area contributed by atoms with Crippen LogP contribution in [0.4, 0.5) is 4.79 Å². The molecule has 0 aliphatic rings. The van der Waals surface area contributed by atoms with Crippen LogP contribution in [0.3, 0.4) is 0 Å². The maximum Gasteiger partial charge on any atom is 0.410 e. The molecular weight excluding hydrogens is 570 g/mol. The Balaban J connectivity index is 2.94. The lowest BCUT2D eigenvalue weighted by Crippen LogP contribution is -2.48. The minimum absolute atomic E-state index is 0.0235. The molecule has 2 amide bonds. The number of ether oxygens (including phenoxy) is 3. The fourth-order valence-electron chi connectivity index (χ4n) is 4.50. The van der Waals surface area contributed by atoms with E-state index in [0.29, 0.717) is 24.2 Å². The SMILES string of the molecule is C=C(SCC(N)C(=O)N[C@@H](Cc1ccccc1)C[C@H](C)C(=O)OC)[C@@H](C[C@H](C(C)C)N(C)C(=O)OC(C)(C)C)OC(C)=O. The summed E-state index contributed by atoms with van der Waals surface area (Å²) in [5.41, 5.74) is 6.64. The fraction of sp³-hybridized carbons (Fsp3) is 0.625. The van der Waals surface area contributed by atoms with Gasteiger partial charge in [-0.2, -0.15) is 0 Å². The van der Waals surface area contributed by atoms with Gasteiger partial charge < -0.3 is 30.2 Å². The van der Waals surface area contributed by atoms with E-state index in [1.54, 1.807) is 34.7 Å². The molecule has 0 spiro atoms. The van der Waals surface area contributed by atoms with Crippen molar-refractivity contribution in [1.82, 2.24) is 10.2 Å². The van der Waals surface area contributed by atoms with Gasteiger partial charge in [0.15, 0.2) is 0 Å². The lowest BCUT2D eigenvalue weighted by atomic mass is 9.96. The number of hydrogen-bond donors (Lipinski definition) is 2. The molecule has 242 valence electrons. The quantitative estimate of drug-likeness (QED) is 0.199. The third kappa shape index (κ3) is 14.3. The molecule has 1 aromatic carbocycles. The van der Waals surface area contributed by atoms with Crippen molar-refractivity contribution in [3.63, 3.8) is 0 Å². The summed E-state index contributed by atoms with van der Waals surface area (Å²) in [6, 6.07) is 8.12. The molecule has 11 heteroatoms. The van der Waals surface area contributed by atoms with E-state index in [2.05, 4.69) is 11.9 Å². The Morgan fingerprint density at radius 2 is 1.67 bits per heavy atom. The molecule has 0 saturated heterocycles. The normalized spacial score (nSPS) is 15.0. The molecule has 0 saturated carbocycles. The maximum absolute atomic E-state index is 13.1. The molecule has 0 fully saturated rings. The van der Waals surface area contributed by atoms with Crippen LogP contribution in [0.5, 0.6) is 0 Å². The van der Waals surface area contributed by atoms with Gasteiger partial charge in [-0.05, 0) is 45.1 Å². The molecular formula is C32H51N3O7S. The van der Waals surface area contributed by atoms with Gasteiger partial charge in [0, 0.05) is 43.1 Å². The molecule has 0 aliphatic heterocycles. The first-order valence-electron chi connectivity index (χ1n) is 14.6. The lowest BCUT2D eigenvalue weighted by molar-refractivity contribution is -0.146. The highest BCUT2D eigenvalue weighted by Gasteiger charge is 2.32. The van der Waals surface area contributed by atoms with Crippen LogP contribution in [-0.2, 0) is 35.0 Å². The summed E-state index contributed by atoms with van der Waals surface area (Å²) in [7, 11) is 3.00. The summed E-state index contributed by atoms with van der Waals surface area (Å²) in [4.78, 5) is 52.0. The topological polar surface area (TPSA) is 137 Å². The van der Waals surface area contributed by atoms with Crippen molar-refractivity contribution in [3.05, 3.63) is 47.4 Å². The molecule has 5 atom stereocenters. The zero-order valence-electron chi connectivity index (χ0n) is 27.2. The van der Waals surface area contributed by atoms with Gasteiger partial charge in [0.2, 0.25) is 5.91 Å². The number of nitrogens with one attached hydrogen (secondary N) is 1. The van der Waals surface area contributed by atoms with E-state index in [1.165, 1.54) is 30.7 Å². The Morgan fingerprint density at radius 3 is 2.19 bits per heavy atom. The molecule has 1 aromatic rings. The number of carbonyl (C=O) groups excluding carboxylic acids is 4. The third-order valence-electron chi connectivity index (χ3n) is 6.77. The second-order valence-corrected chi connectivity index (χ2v) is 13.3. The molecule has 0 radical (unpaired) electrons. The minimum Gasteiger partial charge on any atom is -0.469 e. The molecule has 43 heavy (non-hydrogen) atoms. The molecule has 0 heterocycles. The first kappa shape index (κ1) is 38.0. The van der Waals surface area contributed by atoms with Crippen molar-refractivity contribution in [2.24, 2.45) is 17.6 Å². The second-order valence-electron chi connectivity index (χ2n) is 12.2. The monoisotopic (exact) mass is 621 g/mol. The molecule has 3 N–H and O–H groups in total. The summed E-state index contributed by atoms with van der Waals surface area (Å²) < 4.78 is 16.0. The van der Waals surface area contributed by atoms with E-state index in [-0.39, 0.29) is 35.6 Å². The molecule has 1 unspecified atom stereocenters. The maximum atomic E-state index is 13.1. The summed E-state index contributed by atoms with van der Waals surface area (Å²) in [5, 5.41) is 3.00. The molecule has 0 aliphatic carbocycles. The summed E-state index contributed by atoms with van der Waals surface area (Å²) in [5.74, 6) is -1.41. The first-order chi connectivity index (χ1) is 19.9. The van der Waals surface area contributed by atoms with Gasteiger partial charge in [0.05, 0.1) is 19.1 Å². The number of thioether (sulfide) groups is 1. The molecule has 10 nitrogen and oxygen atoms in total. The number of rotatable bonds is 16. The van der Waals surface area contributed by atoms with E-state index in [1.807, 2.05) is 44.2 Å². The van der Waals surface area contributed by atoms with Crippen LogP contribution in [0.15, 0.2) is 41.8 Å². The van der Waals surface area contributed by atoms with E-state index in [0.717, 1.165) is 5.56 Å². The Labute approximate surface area is 261 Å². The van der Waals surface area contributed by atoms with Gasteiger partial charge >= 0.3 is 18.0 Å². The summed E-state index contributed by atoms with van der Waals surface area (Å²) >= 11 is 1.23. The summed E-state index contributed by atoms with van der Waals surface area (Å²) in [6.07, 6.45) is 0.00989. The summed E-state index contributed by atoms with van der Waals surface area (Å²) in [6.45, 7) is 16.5. The van der Waals surface area contributed by atoms with E-state index in [9.17, 15) is 19.2 Å². The molecule has 1 rings (SSSR count). The van der Waals surface area contributed by atoms with Gasteiger partial charge in [0.25, 0.3) is 0 Å². The predicted molar refractivity (Wildman–Crippen MR) is 170 cm³/mol. The Morgan fingerprint density at radius 1 is 1.07 bits per heavy atom. The number of nitrogens with zero attached hydrogens (tertiary/aromatic N) is 1. The van der Waals surface area contributed by atoms with E-state index in [4.69, 9.17) is 19.9 Å². The Kier molecular flexibility index (Phi) is 15.8. The van der Waals surface area contributed by atoms with E-state index >= 15 is 0 Å². The van der Waals surface area contributed by atoms with Crippen molar-refractivity contribution >= 4 is 35.7 Å². The van der Waals surface area contributed by atoms with Crippen LogP contribution in [0, 0.1) is 11.8 Å². The predicted octanol–water partition coefficient (Wildman–Crippen LogP) is 4.70. The van der Waals surface area contributed by atoms with E-state index < -0.39 is 35.7 Å². The molecule has 0 aromatic heterocycles. The van der Waals surface area contributed by atoms with Gasteiger partial charge in [-0.1, -0.05) is 57.7 Å². The average molecular weight is 622 g/mol. The number of hydrogen-bond acceptors (Lipinski definition) is 9. The highest BCUT2D eigenvalue weighted by Crippen LogP contribution is 2.28. The highest BCUT2D eigenvalue weighted by atomic mass is 32.2. The van der Waals surface area contributed by atoms with Crippen LogP contribution in [-0.4, -0.2) is 78.6 Å². The van der Waals surface area contributed by atoms with Crippen molar-refractivity contribution in [1.29, 1.82) is 0 Å². The van der Waals surface area contributed by atoms with Gasteiger partial charge in [-0.25, -0.2) is 4.79 Å². The zero-order valence-corrected chi connectivity index (χ0v) is 28.0. The van der Waals surface area contributed by atoms with Crippen LogP contribution >= 0.6 is 11.8 Å². The van der Waals surface area contributed by atoms with Gasteiger partial charge in [-0.3, -0.25) is 14.4 Å². The lowest BCUT2D eigenvalue weighted by Gasteiger charge is -2.35. The number of carbonyl (C=O) groups is 4. The van der Waals surface area contributed by atoms with Crippen molar-refractivity contribution in [2.75, 3.05) is 19.9 Å². The van der Waals surface area contributed by atoms with Gasteiger partial charge in [-0.15, -0.1) is 11.8 Å². The third-order valence-corrected chi connectivity index (χ3v) is 7.93. The van der Waals surface area contributed by atoms with Gasteiger partial charge in [0.1, 0.15) is 11.7 Å². The van der Waals surface area contributed by atoms with Crippen molar-refractivity contribution in [2.45, 2.75) is 97.6 Å². The number of methoxy groups -OCH3 is 1. The number of esters is 2. The van der Waals surface area contributed by atoms with Crippen LogP contribution in [0.25, 0.3) is 0 Å².